The Balaban J connectivity index is 1.77. The number of nitrogens with one attached hydrogen (secondary N) is 2. The van der Waals surface area contributed by atoms with E-state index in [1.165, 1.54) is 24.3 Å². The van der Waals surface area contributed by atoms with Crippen LogP contribution >= 0.6 is 11.6 Å². The average Bonchev–Trinajstić information content (AvgIpc) is 3.15. The van der Waals surface area contributed by atoms with Gasteiger partial charge in [0, 0.05) is 16.8 Å². The van der Waals surface area contributed by atoms with Crippen LogP contribution < -0.4 is 10.6 Å². The molecule has 162 valence electrons. The van der Waals surface area contributed by atoms with Crippen LogP contribution in [0, 0.1) is 11.6 Å². The van der Waals surface area contributed by atoms with Crippen molar-refractivity contribution in [2.24, 2.45) is 0 Å². The lowest BCUT2D eigenvalue weighted by Gasteiger charge is -2.13. The summed E-state index contributed by atoms with van der Waals surface area (Å²) in [7, 11) is 0. The summed E-state index contributed by atoms with van der Waals surface area (Å²) in [6, 6.07) is 8.01. The summed E-state index contributed by atoms with van der Waals surface area (Å²) in [5.41, 5.74) is -2.28. The molecule has 1 aromatic heterocycles. The number of alkyl halides is 3. The molecule has 2 aromatic carbocycles. The number of aromatic nitrogens is 2. The monoisotopic (exact) mass is 458 g/mol. The van der Waals surface area contributed by atoms with Crippen molar-refractivity contribution < 1.29 is 31.5 Å². The second-order valence-corrected chi connectivity index (χ2v) is 6.59. The van der Waals surface area contributed by atoms with Crippen LogP contribution in [0.15, 0.2) is 48.7 Å². The van der Waals surface area contributed by atoms with Crippen molar-refractivity contribution in [1.29, 1.82) is 0 Å². The van der Waals surface area contributed by atoms with Crippen molar-refractivity contribution in [2.75, 3.05) is 11.9 Å². The van der Waals surface area contributed by atoms with Gasteiger partial charge in [-0.3, -0.25) is 9.59 Å². The largest absolute Gasteiger partial charge is 0.434 e. The molecule has 0 radical (unpaired) electrons. The molecule has 0 atom stereocenters. The van der Waals surface area contributed by atoms with Crippen molar-refractivity contribution >= 4 is 29.1 Å². The van der Waals surface area contributed by atoms with E-state index in [0.717, 1.165) is 12.1 Å². The molecule has 3 aromatic rings. The molecule has 0 aliphatic heterocycles. The fourth-order valence-corrected chi connectivity index (χ4v) is 2.81. The fourth-order valence-electron chi connectivity index (χ4n) is 2.63. The van der Waals surface area contributed by atoms with Crippen molar-refractivity contribution in [1.82, 2.24) is 15.1 Å². The van der Waals surface area contributed by atoms with Gasteiger partial charge in [0.25, 0.3) is 5.91 Å². The minimum Gasteiger partial charge on any atom is -0.343 e. The Morgan fingerprint density at radius 1 is 1.06 bits per heavy atom. The summed E-state index contributed by atoms with van der Waals surface area (Å²) in [6.45, 7) is -0.725. The SMILES string of the molecule is O=C(CNC(=O)c1cnn(-c2cccc(Cl)c2)c1C(F)(F)F)Nc1ccc(F)c(F)c1. The van der Waals surface area contributed by atoms with Crippen LogP contribution in [-0.4, -0.2) is 28.1 Å². The fraction of sp³-hybridized carbons (Fsp3) is 0.105. The lowest BCUT2D eigenvalue weighted by Crippen LogP contribution is -2.34. The zero-order chi connectivity index (χ0) is 22.8. The van der Waals surface area contributed by atoms with E-state index in [-0.39, 0.29) is 16.4 Å². The van der Waals surface area contributed by atoms with Gasteiger partial charge in [-0.25, -0.2) is 13.5 Å². The molecule has 0 saturated heterocycles. The number of hydrogen-bond donors (Lipinski definition) is 2. The van der Waals surface area contributed by atoms with E-state index < -0.39 is 47.4 Å². The van der Waals surface area contributed by atoms with E-state index in [4.69, 9.17) is 11.6 Å². The maximum absolute atomic E-state index is 13.6. The molecule has 0 aliphatic rings. The Labute approximate surface area is 176 Å². The number of carbonyl (C=O) groups is 2. The number of halogens is 6. The molecular formula is C19H12ClF5N4O2. The molecule has 12 heteroatoms. The summed E-state index contributed by atoms with van der Waals surface area (Å²) in [4.78, 5) is 24.2. The number of amides is 2. The summed E-state index contributed by atoms with van der Waals surface area (Å²) in [5, 5.41) is 8.01. The van der Waals surface area contributed by atoms with Crippen LogP contribution in [0.25, 0.3) is 5.69 Å². The van der Waals surface area contributed by atoms with Gasteiger partial charge in [0.1, 0.15) is 0 Å². The van der Waals surface area contributed by atoms with E-state index in [0.29, 0.717) is 16.9 Å². The zero-order valence-electron chi connectivity index (χ0n) is 15.3. The van der Waals surface area contributed by atoms with Gasteiger partial charge in [0.2, 0.25) is 5.91 Å². The number of nitrogens with zero attached hydrogens (tertiary/aromatic N) is 2. The highest BCUT2D eigenvalue weighted by Gasteiger charge is 2.40. The summed E-state index contributed by atoms with van der Waals surface area (Å²) in [5.74, 6) is -4.40. The predicted octanol–water partition coefficient (Wildman–Crippen LogP) is 4.19. The van der Waals surface area contributed by atoms with E-state index in [1.807, 2.05) is 5.32 Å². The van der Waals surface area contributed by atoms with Crippen molar-refractivity contribution in [3.05, 3.63) is 76.6 Å². The lowest BCUT2D eigenvalue weighted by atomic mass is 10.2. The highest BCUT2D eigenvalue weighted by Crippen LogP contribution is 2.34. The van der Waals surface area contributed by atoms with E-state index in [9.17, 15) is 31.5 Å². The first-order chi connectivity index (χ1) is 14.6. The van der Waals surface area contributed by atoms with Gasteiger partial charge in [-0.2, -0.15) is 18.3 Å². The first-order valence-electron chi connectivity index (χ1n) is 8.50. The molecule has 1 heterocycles. The third-order valence-corrected chi connectivity index (χ3v) is 4.18. The molecule has 0 fully saturated rings. The van der Waals surface area contributed by atoms with Crippen molar-refractivity contribution in [3.8, 4) is 5.69 Å². The predicted molar refractivity (Wildman–Crippen MR) is 101 cm³/mol. The number of rotatable bonds is 5. The molecule has 3 rings (SSSR count). The third kappa shape index (κ3) is 5.18. The highest BCUT2D eigenvalue weighted by atomic mass is 35.5. The number of hydrogen-bond acceptors (Lipinski definition) is 3. The zero-order valence-corrected chi connectivity index (χ0v) is 16.1. The molecule has 2 amide bonds. The highest BCUT2D eigenvalue weighted by molar-refractivity contribution is 6.30. The van der Waals surface area contributed by atoms with E-state index >= 15 is 0 Å². The Hall–Kier alpha value is -3.47. The van der Waals surface area contributed by atoms with Gasteiger partial charge in [-0.05, 0) is 30.3 Å². The first kappa shape index (κ1) is 22.2. The second kappa shape index (κ2) is 8.72. The van der Waals surface area contributed by atoms with Crippen LogP contribution in [0.4, 0.5) is 27.6 Å². The van der Waals surface area contributed by atoms with Crippen molar-refractivity contribution in [2.45, 2.75) is 6.18 Å². The number of carbonyl (C=O) groups excluding carboxylic acids is 2. The molecule has 0 saturated carbocycles. The Morgan fingerprint density at radius 2 is 1.81 bits per heavy atom. The Kier molecular flexibility index (Phi) is 6.25. The number of anilines is 1. The minimum atomic E-state index is -4.95. The molecule has 0 bridgehead atoms. The second-order valence-electron chi connectivity index (χ2n) is 6.16. The molecular weight excluding hydrogens is 447 g/mol. The van der Waals surface area contributed by atoms with E-state index in [2.05, 4.69) is 10.4 Å². The summed E-state index contributed by atoms with van der Waals surface area (Å²) >= 11 is 5.81. The van der Waals surface area contributed by atoms with Crippen LogP contribution in [-0.2, 0) is 11.0 Å². The Morgan fingerprint density at radius 3 is 2.45 bits per heavy atom. The summed E-state index contributed by atoms with van der Waals surface area (Å²) < 4.78 is 67.5. The topological polar surface area (TPSA) is 76.0 Å². The molecule has 2 N–H and O–H groups in total. The summed E-state index contributed by atoms with van der Waals surface area (Å²) in [6.07, 6.45) is -4.23. The average molecular weight is 459 g/mol. The molecule has 31 heavy (non-hydrogen) atoms. The number of benzene rings is 2. The maximum Gasteiger partial charge on any atom is 0.434 e. The molecule has 0 spiro atoms. The lowest BCUT2D eigenvalue weighted by molar-refractivity contribution is -0.143. The standard InChI is InChI=1S/C19H12ClF5N4O2/c20-10-2-1-3-12(6-10)29-17(19(23,24)25)13(8-27-29)18(31)26-9-16(30)28-11-4-5-14(21)15(22)7-11/h1-8H,9H2,(H,26,31)(H,28,30). The van der Waals surface area contributed by atoms with Crippen LogP contribution in [0.3, 0.4) is 0 Å². The molecule has 6 nitrogen and oxygen atoms in total. The van der Waals surface area contributed by atoms with Crippen LogP contribution in [0.2, 0.25) is 5.02 Å². The molecule has 0 aliphatic carbocycles. The van der Waals surface area contributed by atoms with Gasteiger partial charge in [-0.15, -0.1) is 0 Å². The minimum absolute atomic E-state index is 0.0186. The van der Waals surface area contributed by atoms with Crippen LogP contribution in [0.5, 0.6) is 0 Å². The van der Waals surface area contributed by atoms with Gasteiger partial charge >= 0.3 is 6.18 Å². The van der Waals surface area contributed by atoms with E-state index in [1.54, 1.807) is 0 Å². The quantitative estimate of drug-likeness (QED) is 0.563. The van der Waals surface area contributed by atoms with Gasteiger partial charge in [0.05, 0.1) is 24.0 Å². The normalized spacial score (nSPS) is 11.3. The van der Waals surface area contributed by atoms with Gasteiger partial charge in [-0.1, -0.05) is 17.7 Å². The van der Waals surface area contributed by atoms with Crippen LogP contribution in [0.1, 0.15) is 16.1 Å². The van der Waals surface area contributed by atoms with Gasteiger partial charge in [0.15, 0.2) is 17.3 Å². The smallest absolute Gasteiger partial charge is 0.343 e. The van der Waals surface area contributed by atoms with Gasteiger partial charge < -0.3 is 10.6 Å². The third-order valence-electron chi connectivity index (χ3n) is 3.95. The first-order valence-corrected chi connectivity index (χ1v) is 8.88. The molecule has 0 unspecified atom stereocenters. The Bertz CT molecular complexity index is 1150. The maximum atomic E-state index is 13.6. The van der Waals surface area contributed by atoms with Crippen molar-refractivity contribution in [3.63, 3.8) is 0 Å².